The Labute approximate surface area is 74.3 Å². The van der Waals surface area contributed by atoms with E-state index in [9.17, 15) is 4.79 Å². The predicted molar refractivity (Wildman–Crippen MR) is 48.0 cm³/mol. The Morgan fingerprint density at radius 1 is 1.50 bits per heavy atom. The van der Waals surface area contributed by atoms with Gasteiger partial charge in [-0.05, 0) is 19.8 Å². The molecule has 2 unspecified atom stereocenters. The van der Waals surface area contributed by atoms with Gasteiger partial charge in [0.1, 0.15) is 5.78 Å². The number of carbonyl (C=O) groups is 1. The molecule has 0 aliphatic carbocycles. The molecule has 1 heterocycles. The summed E-state index contributed by atoms with van der Waals surface area (Å²) in [7, 11) is 0. The van der Waals surface area contributed by atoms with Crippen LogP contribution in [0.25, 0.3) is 0 Å². The quantitative estimate of drug-likeness (QED) is 0.633. The van der Waals surface area contributed by atoms with E-state index in [1.807, 2.05) is 20.8 Å². The van der Waals surface area contributed by atoms with Crippen LogP contribution in [-0.4, -0.2) is 18.5 Å². The molecule has 0 aromatic carbocycles. The molecule has 0 N–H and O–H groups in total. The van der Waals surface area contributed by atoms with Gasteiger partial charge in [0.05, 0.1) is 6.10 Å². The topological polar surface area (TPSA) is 26.3 Å². The summed E-state index contributed by atoms with van der Waals surface area (Å²) in [5.41, 5.74) is 0. The molecule has 0 aromatic heterocycles. The maximum absolute atomic E-state index is 11.6. The van der Waals surface area contributed by atoms with E-state index in [2.05, 4.69) is 0 Å². The average Bonchev–Trinajstić information content (AvgIpc) is 2.03. The Morgan fingerprint density at radius 3 is 2.67 bits per heavy atom. The van der Waals surface area contributed by atoms with E-state index in [1.165, 1.54) is 0 Å². The molecule has 0 amide bonds. The summed E-state index contributed by atoms with van der Waals surface area (Å²) in [5.74, 6) is 0.846. The van der Waals surface area contributed by atoms with Gasteiger partial charge in [0.25, 0.3) is 0 Å². The summed E-state index contributed by atoms with van der Waals surface area (Å²) in [6.07, 6.45) is 2.10. The zero-order chi connectivity index (χ0) is 9.14. The maximum Gasteiger partial charge on any atom is 0.138 e. The highest BCUT2D eigenvalue weighted by atomic mass is 16.5. The second kappa shape index (κ2) is 4.04. The van der Waals surface area contributed by atoms with Crippen LogP contribution in [0, 0.1) is 11.8 Å². The molecular formula is C10H18O2. The largest absolute Gasteiger partial charge is 0.378 e. The smallest absolute Gasteiger partial charge is 0.138 e. The molecule has 0 aromatic rings. The number of Topliss-reactive ketones (excluding diaryl/α,β-unsaturated/α-hetero) is 1. The number of carbonyl (C=O) groups excluding carboxylic acids is 1. The Bertz CT molecular complexity index is 163. The van der Waals surface area contributed by atoms with Gasteiger partial charge in [-0.25, -0.2) is 0 Å². The molecule has 1 aliphatic heterocycles. The minimum Gasteiger partial charge on any atom is -0.378 e. The van der Waals surface area contributed by atoms with E-state index in [0.29, 0.717) is 5.78 Å². The van der Waals surface area contributed by atoms with Crippen molar-refractivity contribution in [1.29, 1.82) is 0 Å². The van der Waals surface area contributed by atoms with Crippen LogP contribution in [0.3, 0.4) is 0 Å². The molecule has 2 atom stereocenters. The monoisotopic (exact) mass is 170 g/mol. The first-order chi connectivity index (χ1) is 5.61. The lowest BCUT2D eigenvalue weighted by molar-refractivity contribution is -0.130. The van der Waals surface area contributed by atoms with Gasteiger partial charge in [-0.15, -0.1) is 0 Å². The molecule has 0 saturated carbocycles. The molecule has 0 spiro atoms. The van der Waals surface area contributed by atoms with Crippen molar-refractivity contribution in [2.45, 2.75) is 39.7 Å². The van der Waals surface area contributed by atoms with E-state index >= 15 is 0 Å². The van der Waals surface area contributed by atoms with E-state index < -0.39 is 0 Å². The lowest BCUT2D eigenvalue weighted by Gasteiger charge is -2.27. The molecule has 1 fully saturated rings. The van der Waals surface area contributed by atoms with Gasteiger partial charge < -0.3 is 4.74 Å². The SMILES string of the molecule is CC1CC(C(=O)C(C)C)CCO1. The minimum atomic E-state index is 0.181. The lowest BCUT2D eigenvalue weighted by Crippen LogP contribution is -2.30. The summed E-state index contributed by atoms with van der Waals surface area (Å²) in [5, 5.41) is 0. The van der Waals surface area contributed by atoms with Crippen molar-refractivity contribution in [3.63, 3.8) is 0 Å². The van der Waals surface area contributed by atoms with Gasteiger partial charge in [-0.1, -0.05) is 13.8 Å². The predicted octanol–water partition coefficient (Wildman–Crippen LogP) is 2.03. The molecule has 1 aliphatic rings. The Kier molecular flexibility index (Phi) is 3.27. The normalized spacial score (nSPS) is 30.7. The lowest BCUT2D eigenvalue weighted by atomic mass is 9.87. The van der Waals surface area contributed by atoms with E-state index in [4.69, 9.17) is 4.74 Å². The molecular weight excluding hydrogens is 152 g/mol. The Morgan fingerprint density at radius 2 is 2.17 bits per heavy atom. The fourth-order valence-electron chi connectivity index (χ4n) is 1.73. The molecule has 0 bridgehead atoms. The maximum atomic E-state index is 11.6. The Hall–Kier alpha value is -0.370. The molecule has 70 valence electrons. The van der Waals surface area contributed by atoms with Gasteiger partial charge in [0.2, 0.25) is 0 Å². The second-order valence-corrected chi connectivity index (χ2v) is 3.96. The number of rotatable bonds is 2. The van der Waals surface area contributed by atoms with Gasteiger partial charge in [-0.2, -0.15) is 0 Å². The van der Waals surface area contributed by atoms with Crippen molar-refractivity contribution in [2.24, 2.45) is 11.8 Å². The standard InChI is InChI=1S/C10H18O2/c1-7(2)10(11)9-4-5-12-8(3)6-9/h7-9H,4-6H2,1-3H3. The fraction of sp³-hybridized carbons (Fsp3) is 0.900. The second-order valence-electron chi connectivity index (χ2n) is 3.96. The first-order valence-electron chi connectivity index (χ1n) is 4.76. The third kappa shape index (κ3) is 2.31. The summed E-state index contributed by atoms with van der Waals surface area (Å²) in [6, 6.07) is 0. The van der Waals surface area contributed by atoms with Crippen LogP contribution in [0.2, 0.25) is 0 Å². The van der Waals surface area contributed by atoms with Gasteiger partial charge in [0, 0.05) is 18.4 Å². The molecule has 1 rings (SSSR count). The van der Waals surface area contributed by atoms with E-state index in [1.54, 1.807) is 0 Å². The van der Waals surface area contributed by atoms with Gasteiger partial charge in [0.15, 0.2) is 0 Å². The molecule has 12 heavy (non-hydrogen) atoms. The Balaban J connectivity index is 2.46. The summed E-state index contributed by atoms with van der Waals surface area (Å²) >= 11 is 0. The van der Waals surface area contributed by atoms with E-state index in [0.717, 1.165) is 19.4 Å². The van der Waals surface area contributed by atoms with Crippen LogP contribution in [0.15, 0.2) is 0 Å². The summed E-state index contributed by atoms with van der Waals surface area (Å²) in [6.45, 7) is 6.75. The highest BCUT2D eigenvalue weighted by molar-refractivity contribution is 5.82. The van der Waals surface area contributed by atoms with Crippen molar-refractivity contribution < 1.29 is 9.53 Å². The zero-order valence-corrected chi connectivity index (χ0v) is 8.17. The van der Waals surface area contributed by atoms with E-state index in [-0.39, 0.29) is 17.9 Å². The van der Waals surface area contributed by atoms with Crippen molar-refractivity contribution in [3.8, 4) is 0 Å². The van der Waals surface area contributed by atoms with Gasteiger partial charge >= 0.3 is 0 Å². The number of ketones is 1. The number of hydrogen-bond acceptors (Lipinski definition) is 2. The first-order valence-corrected chi connectivity index (χ1v) is 4.76. The number of hydrogen-bond donors (Lipinski definition) is 0. The van der Waals surface area contributed by atoms with Crippen molar-refractivity contribution in [2.75, 3.05) is 6.61 Å². The van der Waals surface area contributed by atoms with Crippen LogP contribution in [0.1, 0.15) is 33.6 Å². The fourth-order valence-corrected chi connectivity index (χ4v) is 1.73. The average molecular weight is 170 g/mol. The molecule has 2 heteroatoms. The van der Waals surface area contributed by atoms with Crippen molar-refractivity contribution >= 4 is 5.78 Å². The minimum absolute atomic E-state index is 0.181. The first kappa shape index (κ1) is 9.72. The summed E-state index contributed by atoms with van der Waals surface area (Å²) < 4.78 is 5.39. The molecule has 0 radical (unpaired) electrons. The zero-order valence-electron chi connectivity index (χ0n) is 8.17. The summed E-state index contributed by atoms with van der Waals surface area (Å²) in [4.78, 5) is 11.6. The number of ether oxygens (including phenoxy) is 1. The highest BCUT2D eigenvalue weighted by Crippen LogP contribution is 2.23. The van der Waals surface area contributed by atoms with Crippen LogP contribution < -0.4 is 0 Å². The van der Waals surface area contributed by atoms with Crippen molar-refractivity contribution in [3.05, 3.63) is 0 Å². The van der Waals surface area contributed by atoms with Crippen LogP contribution >= 0.6 is 0 Å². The van der Waals surface area contributed by atoms with Crippen molar-refractivity contribution in [1.82, 2.24) is 0 Å². The third-order valence-electron chi connectivity index (χ3n) is 2.46. The van der Waals surface area contributed by atoms with Crippen LogP contribution in [-0.2, 0) is 9.53 Å². The molecule has 2 nitrogen and oxygen atoms in total. The molecule has 1 saturated heterocycles. The third-order valence-corrected chi connectivity index (χ3v) is 2.46. The van der Waals surface area contributed by atoms with Crippen LogP contribution in [0.4, 0.5) is 0 Å². The van der Waals surface area contributed by atoms with Gasteiger partial charge in [-0.3, -0.25) is 4.79 Å². The van der Waals surface area contributed by atoms with Crippen LogP contribution in [0.5, 0.6) is 0 Å². The highest BCUT2D eigenvalue weighted by Gasteiger charge is 2.26.